The number of nitrogens with two attached hydrogens (primary N) is 2. The van der Waals surface area contributed by atoms with Crippen LogP contribution in [0.3, 0.4) is 0 Å². The van der Waals surface area contributed by atoms with E-state index in [4.69, 9.17) is 11.6 Å². The van der Waals surface area contributed by atoms with Gasteiger partial charge >= 0.3 is 0 Å². The molecule has 0 aliphatic heterocycles. The molecule has 0 heterocycles. The van der Waals surface area contributed by atoms with Gasteiger partial charge in [-0.25, -0.2) is 4.40 Å². The van der Waals surface area contributed by atoms with E-state index in [1.807, 2.05) is 37.3 Å². The minimum absolute atomic E-state index is 0.579. The molecule has 31 heavy (non-hydrogen) atoms. The van der Waals surface area contributed by atoms with Crippen molar-refractivity contribution in [2.45, 2.75) is 26.7 Å². The number of aliphatic imine (C=N–C) groups is 1. The zero-order valence-corrected chi connectivity index (χ0v) is 18.9. The Kier molecular flexibility index (Phi) is 9.52. The van der Waals surface area contributed by atoms with Gasteiger partial charge in [0.25, 0.3) is 0 Å². The summed E-state index contributed by atoms with van der Waals surface area (Å²) >= 11 is 1.20. The van der Waals surface area contributed by atoms with E-state index in [0.717, 1.165) is 35.1 Å². The minimum Gasteiger partial charge on any atom is -0.397 e. The van der Waals surface area contributed by atoms with E-state index in [9.17, 15) is 0 Å². The standard InChI is InChI=1S/C25H29N5S/c1-18(2)10-12-21-13-11-19(3)16-23(21)20(4)28-17-24(31-30-15-14-29-27)25(26)22-8-6-5-7-9-22/h5-9,11,13-17H,1,4,10,12,26-27H2,2-3H3/b25-24+,28-17?,29-14-,30-15+. The molecule has 0 bridgehead atoms. The summed E-state index contributed by atoms with van der Waals surface area (Å²) in [5.74, 6) is 5.12. The first-order chi connectivity index (χ1) is 14.9. The smallest absolute Gasteiger partial charge is 0.0724 e. The lowest BCUT2D eigenvalue weighted by atomic mass is 9.97. The van der Waals surface area contributed by atoms with E-state index in [1.165, 1.54) is 29.9 Å². The Bertz CT molecular complexity index is 1030. The van der Waals surface area contributed by atoms with Gasteiger partial charge < -0.3 is 11.6 Å². The predicted octanol–water partition coefficient (Wildman–Crippen LogP) is 5.54. The SMILES string of the molecule is C=C(C)CCc1ccc(C)cc1C(=C)N=C/C(S/N=C/C=N\N)=C(\N)c1ccccc1. The van der Waals surface area contributed by atoms with Crippen LogP contribution in [0.15, 0.2) is 86.7 Å². The van der Waals surface area contributed by atoms with Crippen molar-refractivity contribution in [2.24, 2.45) is 26.1 Å². The molecule has 2 aromatic rings. The number of nitrogens with zero attached hydrogens (tertiary/aromatic N) is 3. The quantitative estimate of drug-likeness (QED) is 0.170. The van der Waals surface area contributed by atoms with Crippen molar-refractivity contribution in [3.05, 3.63) is 94.4 Å². The second kappa shape index (κ2) is 12.3. The molecule has 0 aliphatic carbocycles. The van der Waals surface area contributed by atoms with Gasteiger partial charge in [0.1, 0.15) is 0 Å². The van der Waals surface area contributed by atoms with E-state index in [1.54, 1.807) is 6.21 Å². The van der Waals surface area contributed by atoms with Gasteiger partial charge in [0, 0.05) is 23.7 Å². The highest BCUT2D eigenvalue weighted by Gasteiger charge is 2.08. The predicted molar refractivity (Wildman–Crippen MR) is 138 cm³/mol. The van der Waals surface area contributed by atoms with E-state index in [-0.39, 0.29) is 0 Å². The van der Waals surface area contributed by atoms with Gasteiger partial charge in [-0.3, -0.25) is 4.99 Å². The third-order valence-corrected chi connectivity index (χ3v) is 5.20. The number of rotatable bonds is 10. The third-order valence-electron chi connectivity index (χ3n) is 4.45. The van der Waals surface area contributed by atoms with Gasteiger partial charge in [0.2, 0.25) is 0 Å². The van der Waals surface area contributed by atoms with Crippen molar-refractivity contribution in [1.82, 2.24) is 0 Å². The topological polar surface area (TPSA) is 89.1 Å². The zero-order chi connectivity index (χ0) is 22.6. The summed E-state index contributed by atoms with van der Waals surface area (Å²) < 4.78 is 4.23. The van der Waals surface area contributed by atoms with Crippen molar-refractivity contribution in [1.29, 1.82) is 0 Å². The fourth-order valence-electron chi connectivity index (χ4n) is 2.79. The van der Waals surface area contributed by atoms with Gasteiger partial charge in [0.05, 0.1) is 28.7 Å². The molecule has 0 fully saturated rings. The molecule has 0 aliphatic rings. The number of benzene rings is 2. The second-order valence-electron chi connectivity index (χ2n) is 7.11. The normalized spacial score (nSPS) is 12.6. The average Bonchev–Trinajstić information content (AvgIpc) is 2.77. The summed E-state index contributed by atoms with van der Waals surface area (Å²) in [7, 11) is 0. The molecule has 6 heteroatoms. The maximum absolute atomic E-state index is 6.41. The molecule has 0 unspecified atom stereocenters. The monoisotopic (exact) mass is 431 g/mol. The van der Waals surface area contributed by atoms with Crippen molar-refractivity contribution >= 4 is 42.0 Å². The zero-order valence-electron chi connectivity index (χ0n) is 18.1. The molecule has 0 amide bonds. The van der Waals surface area contributed by atoms with Gasteiger partial charge in [-0.15, -0.1) is 6.58 Å². The number of allylic oxidation sites excluding steroid dienone is 2. The summed E-state index contributed by atoms with van der Waals surface area (Å²) in [6.07, 6.45) is 6.43. The van der Waals surface area contributed by atoms with Gasteiger partial charge in [0.15, 0.2) is 0 Å². The van der Waals surface area contributed by atoms with Gasteiger partial charge in [-0.2, -0.15) is 5.10 Å². The number of aryl methyl sites for hydroxylation is 2. The fraction of sp³-hybridized carbons (Fsp3) is 0.160. The summed E-state index contributed by atoms with van der Waals surface area (Å²) in [4.78, 5) is 5.34. The summed E-state index contributed by atoms with van der Waals surface area (Å²) in [5, 5.41) is 3.41. The number of hydrogen-bond acceptors (Lipinski definition) is 6. The first-order valence-corrected chi connectivity index (χ1v) is 10.6. The highest BCUT2D eigenvalue weighted by molar-refractivity contribution is 8.03. The maximum Gasteiger partial charge on any atom is 0.0724 e. The van der Waals surface area contributed by atoms with E-state index < -0.39 is 0 Å². The van der Waals surface area contributed by atoms with Crippen LogP contribution in [0.5, 0.6) is 0 Å². The second-order valence-corrected chi connectivity index (χ2v) is 7.94. The summed E-state index contributed by atoms with van der Waals surface area (Å²) in [6.45, 7) is 12.3. The molecule has 160 valence electrons. The number of hydrogen-bond donors (Lipinski definition) is 2. The largest absolute Gasteiger partial charge is 0.397 e. The van der Waals surface area contributed by atoms with E-state index in [0.29, 0.717) is 16.3 Å². The Balaban J connectivity index is 2.36. The van der Waals surface area contributed by atoms with Crippen molar-refractivity contribution < 1.29 is 0 Å². The molecule has 0 radical (unpaired) electrons. The van der Waals surface area contributed by atoms with Crippen LogP contribution in [0.1, 0.15) is 35.6 Å². The molecule has 0 aromatic heterocycles. The molecule has 0 saturated heterocycles. The van der Waals surface area contributed by atoms with Crippen LogP contribution in [-0.4, -0.2) is 18.6 Å². The highest BCUT2D eigenvalue weighted by atomic mass is 32.2. The third kappa shape index (κ3) is 7.75. The molecule has 0 spiro atoms. The van der Waals surface area contributed by atoms with Crippen molar-refractivity contribution in [2.75, 3.05) is 0 Å². The first kappa shape index (κ1) is 23.9. The Morgan fingerprint density at radius 3 is 2.52 bits per heavy atom. The lowest BCUT2D eigenvalue weighted by Crippen LogP contribution is -2.01. The van der Waals surface area contributed by atoms with Crippen molar-refractivity contribution in [3.8, 4) is 0 Å². The molecular weight excluding hydrogens is 402 g/mol. The Hall–Kier alpha value is -3.38. The molecule has 2 aromatic carbocycles. The van der Waals surface area contributed by atoms with Crippen LogP contribution >= 0.6 is 11.9 Å². The Morgan fingerprint density at radius 1 is 1.10 bits per heavy atom. The van der Waals surface area contributed by atoms with Crippen molar-refractivity contribution in [3.63, 3.8) is 0 Å². The first-order valence-electron chi connectivity index (χ1n) is 9.87. The molecule has 5 nitrogen and oxygen atoms in total. The van der Waals surface area contributed by atoms with E-state index in [2.05, 4.69) is 52.8 Å². The molecule has 2 rings (SSSR count). The summed E-state index contributed by atoms with van der Waals surface area (Å²) in [5.41, 5.74) is 13.1. The lowest BCUT2D eigenvalue weighted by Gasteiger charge is -2.11. The average molecular weight is 432 g/mol. The van der Waals surface area contributed by atoms with Crippen LogP contribution in [0.25, 0.3) is 11.4 Å². The van der Waals surface area contributed by atoms with E-state index >= 15 is 0 Å². The number of hydrazone groups is 1. The van der Waals surface area contributed by atoms with Gasteiger partial charge in [-0.1, -0.05) is 60.2 Å². The van der Waals surface area contributed by atoms with Crippen LogP contribution in [0, 0.1) is 6.92 Å². The highest BCUT2D eigenvalue weighted by Crippen LogP contribution is 2.26. The maximum atomic E-state index is 6.41. The molecule has 0 atom stereocenters. The minimum atomic E-state index is 0.579. The lowest BCUT2D eigenvalue weighted by molar-refractivity contribution is 0.940. The van der Waals surface area contributed by atoms with Crippen LogP contribution < -0.4 is 11.6 Å². The van der Waals surface area contributed by atoms with Crippen LogP contribution in [0.2, 0.25) is 0 Å². The molecule has 4 N–H and O–H groups in total. The Morgan fingerprint density at radius 2 is 1.84 bits per heavy atom. The fourth-order valence-corrected chi connectivity index (χ4v) is 3.33. The Labute approximate surface area is 189 Å². The van der Waals surface area contributed by atoms with Crippen LogP contribution in [0.4, 0.5) is 0 Å². The molecular formula is C25H29N5S. The van der Waals surface area contributed by atoms with Gasteiger partial charge in [-0.05, 0) is 43.9 Å². The summed E-state index contributed by atoms with van der Waals surface area (Å²) in [6, 6.07) is 16.1. The molecule has 0 saturated carbocycles. The van der Waals surface area contributed by atoms with Crippen LogP contribution in [-0.2, 0) is 6.42 Å².